The van der Waals surface area contributed by atoms with Crippen LogP contribution in [0.4, 0.5) is 16.2 Å². The highest BCUT2D eigenvalue weighted by molar-refractivity contribution is 5.89. The second kappa shape index (κ2) is 9.27. The van der Waals surface area contributed by atoms with Gasteiger partial charge in [0.15, 0.2) is 5.43 Å². The number of aromatic carboxylic acids is 1. The van der Waals surface area contributed by atoms with Gasteiger partial charge in [-0.25, -0.2) is 14.6 Å². The van der Waals surface area contributed by atoms with E-state index in [0.717, 1.165) is 12.1 Å². The fraction of sp³-hybridized carbons (Fsp3) is 0.0455. The Morgan fingerprint density at radius 2 is 1.91 bits per heavy atom. The summed E-state index contributed by atoms with van der Waals surface area (Å²) in [6.45, 7) is -0.422. The molecule has 4 rings (SSSR count). The predicted octanol–water partition coefficient (Wildman–Crippen LogP) is 2.43. The zero-order chi connectivity index (χ0) is 25.1. The number of anilines is 1. The van der Waals surface area contributed by atoms with Crippen molar-refractivity contribution in [1.82, 2.24) is 14.5 Å². The van der Waals surface area contributed by atoms with E-state index >= 15 is 0 Å². The number of H-pyrrole nitrogens is 1. The number of rotatable bonds is 6. The number of carboxylic acids is 1. The van der Waals surface area contributed by atoms with Gasteiger partial charge < -0.3 is 19.4 Å². The molecule has 0 unspecified atom stereocenters. The van der Waals surface area contributed by atoms with Crippen molar-refractivity contribution in [2.24, 2.45) is 0 Å². The van der Waals surface area contributed by atoms with Crippen molar-refractivity contribution < 1.29 is 24.4 Å². The molecule has 4 aromatic rings. The first-order chi connectivity index (χ1) is 16.7. The Morgan fingerprint density at radius 3 is 2.60 bits per heavy atom. The predicted molar refractivity (Wildman–Crippen MR) is 122 cm³/mol. The number of hydrogen-bond donors (Lipinski definition) is 3. The summed E-state index contributed by atoms with van der Waals surface area (Å²) < 4.78 is 6.33. The van der Waals surface area contributed by atoms with Gasteiger partial charge in [0, 0.05) is 30.2 Å². The Bertz CT molecular complexity index is 1590. The van der Waals surface area contributed by atoms with Crippen LogP contribution in [0.5, 0.6) is 0 Å². The summed E-state index contributed by atoms with van der Waals surface area (Å²) in [5, 5.41) is 23.3. The quantitative estimate of drug-likeness (QED) is 0.277. The number of carboxylic acid groups (broad SMARTS) is 1. The number of aromatic amines is 1. The largest absolute Gasteiger partial charge is 0.476 e. The normalized spacial score (nSPS) is 10.6. The Morgan fingerprint density at radius 1 is 1.17 bits per heavy atom. The Kier molecular flexibility index (Phi) is 6.05. The first kappa shape index (κ1) is 22.8. The monoisotopic (exact) mass is 477 g/mol. The standard InChI is InChI=1S/C22H15N5O8/c28-18-6-7-26(10-12(18)11-35-22(32)23-13-4-2-1-3-5-13)16-8-14-15(9-17(16)27(33)34)25-20(29)19(24-14)21(30)31/h1-10H,11H2,(H,23,32)(H,25,29)(H,30,31). The number of benzene rings is 2. The van der Waals surface area contributed by atoms with E-state index in [2.05, 4.69) is 15.3 Å². The molecule has 2 aromatic carbocycles. The Labute approximate surface area is 194 Å². The van der Waals surface area contributed by atoms with E-state index in [0.29, 0.717) is 5.69 Å². The second-order valence-electron chi connectivity index (χ2n) is 7.14. The van der Waals surface area contributed by atoms with Crippen LogP contribution in [0, 0.1) is 10.1 Å². The highest BCUT2D eigenvalue weighted by Gasteiger charge is 2.20. The molecule has 13 nitrogen and oxygen atoms in total. The Balaban J connectivity index is 1.69. The molecule has 0 bridgehead atoms. The van der Waals surface area contributed by atoms with Crippen LogP contribution in [0.3, 0.4) is 0 Å². The molecular weight excluding hydrogens is 462 g/mol. The van der Waals surface area contributed by atoms with E-state index in [-0.39, 0.29) is 22.3 Å². The number of ether oxygens (including phenoxy) is 1. The van der Waals surface area contributed by atoms with Crippen molar-refractivity contribution >= 4 is 34.5 Å². The number of aromatic nitrogens is 3. The molecule has 0 saturated heterocycles. The second-order valence-corrected chi connectivity index (χ2v) is 7.14. The van der Waals surface area contributed by atoms with E-state index in [1.807, 2.05) is 0 Å². The van der Waals surface area contributed by atoms with E-state index in [1.54, 1.807) is 30.3 Å². The first-order valence-corrected chi connectivity index (χ1v) is 9.89. The number of hydrogen-bond acceptors (Lipinski definition) is 8. The van der Waals surface area contributed by atoms with Gasteiger partial charge in [0.2, 0.25) is 5.69 Å². The zero-order valence-electron chi connectivity index (χ0n) is 17.6. The molecule has 0 aliphatic carbocycles. The minimum atomic E-state index is -1.57. The number of fused-ring (bicyclic) bond motifs is 1. The zero-order valence-corrected chi connectivity index (χ0v) is 17.6. The van der Waals surface area contributed by atoms with Crippen LogP contribution in [0.25, 0.3) is 16.7 Å². The maximum Gasteiger partial charge on any atom is 0.411 e. The smallest absolute Gasteiger partial charge is 0.411 e. The van der Waals surface area contributed by atoms with Crippen molar-refractivity contribution in [2.75, 3.05) is 5.32 Å². The first-order valence-electron chi connectivity index (χ1n) is 9.89. The number of pyridine rings is 1. The van der Waals surface area contributed by atoms with Crippen LogP contribution in [0.15, 0.2) is 70.5 Å². The fourth-order valence-corrected chi connectivity index (χ4v) is 3.22. The lowest BCUT2D eigenvalue weighted by Crippen LogP contribution is -2.20. The third-order valence-electron chi connectivity index (χ3n) is 4.84. The molecule has 0 aliphatic heterocycles. The highest BCUT2D eigenvalue weighted by Crippen LogP contribution is 2.27. The minimum Gasteiger partial charge on any atom is -0.476 e. The molecule has 176 valence electrons. The summed E-state index contributed by atoms with van der Waals surface area (Å²) >= 11 is 0. The van der Waals surface area contributed by atoms with Gasteiger partial charge in [-0.2, -0.15) is 0 Å². The van der Waals surface area contributed by atoms with Crippen LogP contribution in [0.1, 0.15) is 16.1 Å². The molecule has 2 heterocycles. The average Bonchev–Trinajstić information content (AvgIpc) is 2.82. The number of para-hydroxylation sites is 1. The molecular formula is C22H15N5O8. The molecule has 1 amide bonds. The lowest BCUT2D eigenvalue weighted by atomic mass is 10.2. The van der Waals surface area contributed by atoms with E-state index in [1.165, 1.54) is 23.0 Å². The number of carbonyl (C=O) groups is 2. The maximum atomic E-state index is 12.3. The summed E-state index contributed by atoms with van der Waals surface area (Å²) in [6, 6.07) is 11.9. The van der Waals surface area contributed by atoms with Crippen molar-refractivity contribution in [3.05, 3.63) is 103 Å². The van der Waals surface area contributed by atoms with E-state index < -0.39 is 46.0 Å². The molecule has 2 aromatic heterocycles. The number of nitro benzene ring substituents is 1. The fourth-order valence-electron chi connectivity index (χ4n) is 3.22. The van der Waals surface area contributed by atoms with Gasteiger partial charge in [0.25, 0.3) is 11.2 Å². The average molecular weight is 477 g/mol. The van der Waals surface area contributed by atoms with Crippen molar-refractivity contribution in [3.8, 4) is 5.69 Å². The lowest BCUT2D eigenvalue weighted by Gasteiger charge is -2.11. The topological polar surface area (TPSA) is 187 Å². The molecule has 3 N–H and O–H groups in total. The molecule has 35 heavy (non-hydrogen) atoms. The summed E-state index contributed by atoms with van der Waals surface area (Å²) in [5.41, 5.74) is -2.35. The van der Waals surface area contributed by atoms with Crippen molar-refractivity contribution in [3.63, 3.8) is 0 Å². The molecule has 0 spiro atoms. The van der Waals surface area contributed by atoms with Crippen molar-refractivity contribution in [1.29, 1.82) is 0 Å². The van der Waals surface area contributed by atoms with Crippen molar-refractivity contribution in [2.45, 2.75) is 6.61 Å². The van der Waals surface area contributed by atoms with Crippen LogP contribution in [-0.2, 0) is 11.3 Å². The van der Waals surface area contributed by atoms with Gasteiger partial charge in [-0.15, -0.1) is 0 Å². The molecule has 0 atom stereocenters. The third-order valence-corrected chi connectivity index (χ3v) is 4.84. The van der Waals surface area contributed by atoms with Crippen LogP contribution in [0.2, 0.25) is 0 Å². The highest BCUT2D eigenvalue weighted by atomic mass is 16.6. The number of nitrogens with zero attached hydrogens (tertiary/aromatic N) is 3. The van der Waals surface area contributed by atoms with Crippen LogP contribution >= 0.6 is 0 Å². The number of nitro groups is 1. The van der Waals surface area contributed by atoms with Gasteiger partial charge in [0.1, 0.15) is 12.3 Å². The van der Waals surface area contributed by atoms with Crippen LogP contribution < -0.4 is 16.3 Å². The van der Waals surface area contributed by atoms with Gasteiger partial charge in [0.05, 0.1) is 21.5 Å². The maximum absolute atomic E-state index is 12.3. The Hall–Kier alpha value is -5.33. The van der Waals surface area contributed by atoms with Crippen LogP contribution in [-0.4, -0.2) is 36.6 Å². The third kappa shape index (κ3) is 4.88. The van der Waals surface area contributed by atoms with E-state index in [4.69, 9.17) is 9.84 Å². The number of carbonyl (C=O) groups excluding carboxylic acids is 1. The molecule has 0 saturated carbocycles. The molecule has 0 fully saturated rings. The van der Waals surface area contributed by atoms with Gasteiger partial charge in [-0.3, -0.25) is 25.0 Å². The van der Waals surface area contributed by atoms with Gasteiger partial charge >= 0.3 is 12.1 Å². The van der Waals surface area contributed by atoms with Gasteiger partial charge in [-0.1, -0.05) is 18.2 Å². The molecule has 13 heteroatoms. The van der Waals surface area contributed by atoms with Gasteiger partial charge in [-0.05, 0) is 18.2 Å². The minimum absolute atomic E-state index is 0.0192. The summed E-state index contributed by atoms with van der Waals surface area (Å²) in [7, 11) is 0. The SMILES string of the molecule is O=C(Nc1ccccc1)OCc1cn(-c2cc3nc(C(=O)O)c(=O)[nH]c3cc2[N+](=O)[O-])ccc1=O. The lowest BCUT2D eigenvalue weighted by molar-refractivity contribution is -0.384. The summed E-state index contributed by atoms with van der Waals surface area (Å²) in [6.07, 6.45) is 1.70. The number of nitrogens with one attached hydrogen (secondary N) is 2. The molecule has 0 aliphatic rings. The summed E-state index contributed by atoms with van der Waals surface area (Å²) in [4.78, 5) is 64.5. The summed E-state index contributed by atoms with van der Waals surface area (Å²) in [5.74, 6) is -1.57. The van der Waals surface area contributed by atoms with E-state index in [9.17, 15) is 29.3 Å². The number of amides is 1. The molecule has 0 radical (unpaired) electrons.